The van der Waals surface area contributed by atoms with Crippen molar-refractivity contribution in [2.45, 2.75) is 70.6 Å². The first-order chi connectivity index (χ1) is 17.9. The Morgan fingerprint density at radius 1 is 0.947 bits per heavy atom. The van der Waals surface area contributed by atoms with Crippen molar-refractivity contribution < 1.29 is 12.8 Å². The quantitative estimate of drug-likeness (QED) is 0.280. The molecule has 3 aromatic rings. The third-order valence-electron chi connectivity index (χ3n) is 7.10. The minimum Gasteiger partial charge on any atom is -0.345 e. The Balaban J connectivity index is 1.53. The van der Waals surface area contributed by atoms with Gasteiger partial charge in [-0.15, -0.1) is 11.3 Å². The number of piperazine rings is 1. The van der Waals surface area contributed by atoms with Crippen LogP contribution < -0.4 is 4.90 Å². The summed E-state index contributed by atoms with van der Waals surface area (Å²) in [6.45, 7) is 14.5. The Kier molecular flexibility index (Phi) is 8.87. The fraction of sp³-hybridized carbons (Fsp3) is 0.483. The molecule has 0 radical (unpaired) electrons. The molecule has 0 amide bonds. The maximum Gasteiger partial charge on any atom is 0.243 e. The molecule has 206 valence electrons. The van der Waals surface area contributed by atoms with Crippen LogP contribution in [0.25, 0.3) is 0 Å². The van der Waals surface area contributed by atoms with Crippen molar-refractivity contribution in [2.24, 2.45) is 0 Å². The Morgan fingerprint density at radius 3 is 2.08 bits per heavy atom. The number of hydrogen-bond donors (Lipinski definition) is 0. The normalized spacial score (nSPS) is 15.3. The van der Waals surface area contributed by atoms with E-state index in [1.54, 1.807) is 16.4 Å². The van der Waals surface area contributed by atoms with Gasteiger partial charge in [0.2, 0.25) is 10.0 Å². The summed E-state index contributed by atoms with van der Waals surface area (Å²) in [5.74, 6) is 0.0875. The second kappa shape index (κ2) is 11.6. The predicted molar refractivity (Wildman–Crippen MR) is 156 cm³/mol. The lowest BCUT2D eigenvalue weighted by Crippen LogP contribution is -2.49. The van der Waals surface area contributed by atoms with E-state index >= 15 is 0 Å². The van der Waals surface area contributed by atoms with Crippen LogP contribution in [-0.2, 0) is 16.4 Å². The van der Waals surface area contributed by atoms with Gasteiger partial charge in [0.1, 0.15) is 5.82 Å². The lowest BCUT2D eigenvalue weighted by Gasteiger charge is -2.35. The van der Waals surface area contributed by atoms with E-state index in [0.29, 0.717) is 43.4 Å². The summed E-state index contributed by atoms with van der Waals surface area (Å²) < 4.78 is 43.6. The van der Waals surface area contributed by atoms with Crippen molar-refractivity contribution in [3.8, 4) is 0 Å². The van der Waals surface area contributed by atoms with Gasteiger partial charge in [0.05, 0.1) is 15.6 Å². The number of anilines is 1. The number of halogens is 2. The molecule has 1 fully saturated rings. The molecule has 0 bridgehead atoms. The summed E-state index contributed by atoms with van der Waals surface area (Å²) in [7, 11) is -3.66. The van der Waals surface area contributed by atoms with Crippen LogP contribution in [-0.4, -0.2) is 43.9 Å². The Labute approximate surface area is 235 Å². The van der Waals surface area contributed by atoms with Gasteiger partial charge in [-0.2, -0.15) is 4.31 Å². The Morgan fingerprint density at radius 2 is 1.55 bits per heavy atom. The molecule has 9 heteroatoms. The fourth-order valence-electron chi connectivity index (χ4n) is 4.82. The first-order valence-corrected chi connectivity index (χ1v) is 15.9. The van der Waals surface area contributed by atoms with Crippen LogP contribution >= 0.6 is 22.9 Å². The molecule has 0 aliphatic carbocycles. The van der Waals surface area contributed by atoms with Gasteiger partial charge in [-0.05, 0) is 52.1 Å². The third kappa shape index (κ3) is 6.09. The molecule has 1 aliphatic rings. The minimum absolute atomic E-state index is 0.0973. The molecule has 0 N–H and O–H groups in total. The molecular weight excluding hydrogens is 541 g/mol. The Bertz CT molecular complexity index is 1370. The highest BCUT2D eigenvalue weighted by Crippen LogP contribution is 2.37. The zero-order valence-corrected chi connectivity index (χ0v) is 25.4. The van der Waals surface area contributed by atoms with Gasteiger partial charge < -0.3 is 4.90 Å². The van der Waals surface area contributed by atoms with Crippen molar-refractivity contribution in [1.29, 1.82) is 0 Å². The molecule has 38 heavy (non-hydrogen) atoms. The molecule has 1 aromatic heterocycles. The van der Waals surface area contributed by atoms with Crippen LogP contribution in [0.2, 0.25) is 5.02 Å². The number of aromatic nitrogens is 1. The first kappa shape index (κ1) is 29.0. The van der Waals surface area contributed by atoms with Crippen LogP contribution in [0.15, 0.2) is 40.6 Å². The van der Waals surface area contributed by atoms with E-state index < -0.39 is 15.8 Å². The summed E-state index contributed by atoms with van der Waals surface area (Å²) >= 11 is 7.33. The van der Waals surface area contributed by atoms with Gasteiger partial charge in [-0.1, -0.05) is 71.3 Å². The minimum atomic E-state index is -3.66. The molecule has 0 saturated carbocycles. The maximum atomic E-state index is 14.1. The van der Waals surface area contributed by atoms with Crippen LogP contribution in [0.5, 0.6) is 0 Å². The maximum absolute atomic E-state index is 14.1. The molecule has 0 unspecified atom stereocenters. The van der Waals surface area contributed by atoms with Crippen molar-refractivity contribution >= 4 is 38.1 Å². The van der Waals surface area contributed by atoms with Gasteiger partial charge in [0, 0.05) is 38.0 Å². The largest absolute Gasteiger partial charge is 0.345 e. The lowest BCUT2D eigenvalue weighted by molar-refractivity contribution is 0.383. The number of thiazole rings is 1. The Hall–Kier alpha value is -2.00. The first-order valence-electron chi connectivity index (χ1n) is 13.2. The SMILES string of the molecule is CC(C)c1cc(C(C)C)c(S(=O)(=O)N2CCN(c3nc(Cc4ccc(Cl)c(F)c4)cs3)CC2)c(C(C)C)c1. The smallest absolute Gasteiger partial charge is 0.243 e. The second-order valence-corrected chi connectivity index (χ2v) is 14.0. The van der Waals surface area contributed by atoms with Gasteiger partial charge >= 0.3 is 0 Å². The van der Waals surface area contributed by atoms with E-state index in [2.05, 4.69) is 58.6 Å². The van der Waals surface area contributed by atoms with Gasteiger partial charge in [0.25, 0.3) is 0 Å². The number of nitrogens with zero attached hydrogens (tertiary/aromatic N) is 3. The van der Waals surface area contributed by atoms with Crippen molar-refractivity contribution in [3.63, 3.8) is 0 Å². The third-order valence-corrected chi connectivity index (χ3v) is 10.4. The molecule has 2 heterocycles. The molecule has 4 rings (SSSR count). The highest BCUT2D eigenvalue weighted by Gasteiger charge is 2.34. The monoisotopic (exact) mass is 577 g/mol. The number of sulfonamides is 1. The number of rotatable bonds is 8. The van der Waals surface area contributed by atoms with E-state index in [-0.39, 0.29) is 16.9 Å². The molecule has 5 nitrogen and oxygen atoms in total. The summed E-state index contributed by atoms with van der Waals surface area (Å²) in [5.41, 5.74) is 4.67. The molecule has 2 aromatic carbocycles. The standard InChI is InChI=1S/C29H37ClFN3O2S2/c1-18(2)22-15-24(19(3)4)28(25(16-22)20(5)6)38(35,36)34-11-9-33(10-12-34)29-32-23(17-37-29)13-21-7-8-26(30)27(31)14-21/h7-8,14-20H,9-13H2,1-6H3. The summed E-state index contributed by atoms with van der Waals surface area (Å²) in [6, 6.07) is 8.99. The topological polar surface area (TPSA) is 53.5 Å². The lowest BCUT2D eigenvalue weighted by atomic mass is 9.89. The predicted octanol–water partition coefficient (Wildman–Crippen LogP) is 7.41. The highest BCUT2D eigenvalue weighted by atomic mass is 35.5. The van der Waals surface area contributed by atoms with E-state index in [1.807, 2.05) is 5.38 Å². The van der Waals surface area contributed by atoms with Crippen LogP contribution in [0.4, 0.5) is 9.52 Å². The number of benzene rings is 2. The molecule has 0 spiro atoms. The summed E-state index contributed by atoms with van der Waals surface area (Å²) in [5, 5.41) is 2.95. The zero-order chi connectivity index (χ0) is 27.8. The van der Waals surface area contributed by atoms with Crippen LogP contribution in [0, 0.1) is 5.82 Å². The average molecular weight is 578 g/mol. The van der Waals surface area contributed by atoms with E-state index in [1.165, 1.54) is 23.0 Å². The van der Waals surface area contributed by atoms with Crippen molar-refractivity contribution in [3.05, 3.63) is 74.5 Å². The highest BCUT2D eigenvalue weighted by molar-refractivity contribution is 7.89. The molecule has 0 atom stereocenters. The van der Waals surface area contributed by atoms with Crippen LogP contribution in [0.3, 0.4) is 0 Å². The summed E-state index contributed by atoms with van der Waals surface area (Å²) in [4.78, 5) is 7.38. The van der Waals surface area contributed by atoms with Crippen molar-refractivity contribution in [2.75, 3.05) is 31.1 Å². The van der Waals surface area contributed by atoms with E-state index in [0.717, 1.165) is 27.5 Å². The van der Waals surface area contributed by atoms with E-state index in [4.69, 9.17) is 16.6 Å². The van der Waals surface area contributed by atoms with Crippen LogP contribution in [0.1, 0.15) is 87.2 Å². The fourth-order valence-corrected chi connectivity index (χ4v) is 7.90. The van der Waals surface area contributed by atoms with Gasteiger partial charge in [-0.25, -0.2) is 17.8 Å². The van der Waals surface area contributed by atoms with Gasteiger partial charge in [-0.3, -0.25) is 0 Å². The zero-order valence-electron chi connectivity index (χ0n) is 23.0. The molecule has 1 aliphatic heterocycles. The molecular formula is C29H37ClFN3O2S2. The second-order valence-electron chi connectivity index (χ2n) is 10.9. The average Bonchev–Trinajstić information content (AvgIpc) is 3.33. The number of hydrogen-bond acceptors (Lipinski definition) is 5. The van der Waals surface area contributed by atoms with Gasteiger partial charge in [0.15, 0.2) is 5.13 Å². The molecule has 1 saturated heterocycles. The summed E-state index contributed by atoms with van der Waals surface area (Å²) in [6.07, 6.45) is 0.515. The van der Waals surface area contributed by atoms with E-state index in [9.17, 15) is 12.8 Å². The van der Waals surface area contributed by atoms with Crippen molar-refractivity contribution in [1.82, 2.24) is 9.29 Å².